The Labute approximate surface area is 213 Å². The fourth-order valence-corrected chi connectivity index (χ4v) is 4.17. The van der Waals surface area contributed by atoms with Crippen LogP contribution in [0.4, 0.5) is 0 Å². The zero-order valence-corrected chi connectivity index (χ0v) is 23.0. The van der Waals surface area contributed by atoms with Crippen LogP contribution < -0.4 is 0 Å². The maximum absolute atomic E-state index is 11.7. The lowest BCUT2D eigenvalue weighted by Gasteiger charge is -2.03. The Hall–Kier alpha value is -1.31. The Morgan fingerprint density at radius 1 is 0.500 bits per heavy atom. The molecule has 0 aliphatic carbocycles. The number of rotatable bonds is 26. The molecule has 34 heavy (non-hydrogen) atoms. The second kappa shape index (κ2) is 29.7. The van der Waals surface area contributed by atoms with Crippen molar-refractivity contribution in [3.8, 4) is 0 Å². The van der Waals surface area contributed by atoms with Gasteiger partial charge in [-0.1, -0.05) is 166 Å². The van der Waals surface area contributed by atoms with Crippen LogP contribution in [0, 0.1) is 0 Å². The number of ether oxygens (including phenoxy) is 1. The SMILES string of the molecule is CCCCCCCCCCCCCC=CC=CC=CC(=O)OCCCCCCCCCCCC. The number of esters is 1. The molecule has 0 aromatic rings. The minimum atomic E-state index is -0.231. The van der Waals surface area contributed by atoms with Crippen molar-refractivity contribution in [1.29, 1.82) is 0 Å². The van der Waals surface area contributed by atoms with Crippen molar-refractivity contribution in [1.82, 2.24) is 0 Å². The molecule has 0 rings (SSSR count). The highest BCUT2D eigenvalue weighted by Crippen LogP contribution is 2.12. The van der Waals surface area contributed by atoms with Gasteiger partial charge in [0.15, 0.2) is 0 Å². The van der Waals surface area contributed by atoms with Gasteiger partial charge in [-0.2, -0.15) is 0 Å². The third-order valence-electron chi connectivity index (χ3n) is 6.42. The first-order valence-electron chi connectivity index (χ1n) is 15.0. The fourth-order valence-electron chi connectivity index (χ4n) is 4.17. The zero-order valence-electron chi connectivity index (χ0n) is 23.0. The van der Waals surface area contributed by atoms with E-state index in [1.54, 1.807) is 6.08 Å². The summed E-state index contributed by atoms with van der Waals surface area (Å²) in [4.78, 5) is 11.7. The molecular weight excluding hydrogens is 416 g/mol. The fraction of sp³-hybridized carbons (Fsp3) is 0.781. The molecule has 0 saturated carbocycles. The first-order chi connectivity index (χ1) is 16.8. The number of carbonyl (C=O) groups is 1. The minimum Gasteiger partial charge on any atom is -0.463 e. The summed E-state index contributed by atoms with van der Waals surface area (Å²) in [6.07, 6.45) is 40.8. The highest BCUT2D eigenvalue weighted by atomic mass is 16.5. The molecule has 0 aromatic heterocycles. The average Bonchev–Trinajstić information content (AvgIpc) is 2.84. The van der Waals surface area contributed by atoms with E-state index in [-0.39, 0.29) is 5.97 Å². The molecule has 0 atom stereocenters. The van der Waals surface area contributed by atoms with Gasteiger partial charge in [0.25, 0.3) is 0 Å². The van der Waals surface area contributed by atoms with E-state index in [2.05, 4.69) is 26.0 Å². The second-order valence-electron chi connectivity index (χ2n) is 9.85. The van der Waals surface area contributed by atoms with Gasteiger partial charge in [0, 0.05) is 6.08 Å². The standard InChI is InChI=1S/C32H58O2/c1-3-5-7-9-11-13-15-16-17-18-19-20-21-22-24-26-28-30-32(33)34-31-29-27-25-23-14-12-10-8-6-4-2/h21-22,24,26,28,30H,3-20,23,25,27,29,31H2,1-2H3. The average molecular weight is 475 g/mol. The van der Waals surface area contributed by atoms with Crippen LogP contribution in [0.5, 0.6) is 0 Å². The number of hydrogen-bond donors (Lipinski definition) is 0. The van der Waals surface area contributed by atoms with Crippen LogP contribution in [0.2, 0.25) is 0 Å². The van der Waals surface area contributed by atoms with E-state index in [0.29, 0.717) is 6.61 Å². The zero-order chi connectivity index (χ0) is 24.8. The molecule has 0 aliphatic rings. The number of unbranched alkanes of at least 4 members (excludes halogenated alkanes) is 20. The molecule has 0 aliphatic heterocycles. The molecule has 0 saturated heterocycles. The van der Waals surface area contributed by atoms with E-state index in [1.165, 1.54) is 128 Å². The van der Waals surface area contributed by atoms with Crippen molar-refractivity contribution in [3.05, 3.63) is 36.5 Å². The van der Waals surface area contributed by atoms with Gasteiger partial charge < -0.3 is 4.74 Å². The van der Waals surface area contributed by atoms with Crippen molar-refractivity contribution in [2.24, 2.45) is 0 Å². The summed E-state index contributed by atoms with van der Waals surface area (Å²) in [7, 11) is 0. The van der Waals surface area contributed by atoms with Crippen LogP contribution in [0.1, 0.15) is 155 Å². The van der Waals surface area contributed by atoms with E-state index in [9.17, 15) is 4.79 Å². The third-order valence-corrected chi connectivity index (χ3v) is 6.42. The summed E-state index contributed by atoms with van der Waals surface area (Å²) in [5, 5.41) is 0. The summed E-state index contributed by atoms with van der Waals surface area (Å²) in [6, 6.07) is 0. The molecule has 2 heteroatoms. The quantitative estimate of drug-likeness (QED) is 0.0539. The Morgan fingerprint density at radius 3 is 1.41 bits per heavy atom. The topological polar surface area (TPSA) is 26.3 Å². The molecule has 0 aromatic carbocycles. The van der Waals surface area contributed by atoms with Crippen LogP contribution in [0.3, 0.4) is 0 Å². The van der Waals surface area contributed by atoms with Gasteiger partial charge in [-0.15, -0.1) is 0 Å². The van der Waals surface area contributed by atoms with Gasteiger partial charge in [0.1, 0.15) is 0 Å². The van der Waals surface area contributed by atoms with Crippen molar-refractivity contribution in [3.63, 3.8) is 0 Å². The maximum Gasteiger partial charge on any atom is 0.330 e. The summed E-state index contributed by atoms with van der Waals surface area (Å²) >= 11 is 0. The maximum atomic E-state index is 11.7. The molecule has 198 valence electrons. The molecule has 0 radical (unpaired) electrons. The minimum absolute atomic E-state index is 0.231. The van der Waals surface area contributed by atoms with Crippen LogP contribution in [-0.4, -0.2) is 12.6 Å². The van der Waals surface area contributed by atoms with Crippen molar-refractivity contribution < 1.29 is 9.53 Å². The predicted molar refractivity (Wildman–Crippen MR) is 151 cm³/mol. The van der Waals surface area contributed by atoms with Crippen molar-refractivity contribution in [2.75, 3.05) is 6.61 Å². The number of hydrogen-bond acceptors (Lipinski definition) is 2. The highest BCUT2D eigenvalue weighted by Gasteiger charge is 1.97. The van der Waals surface area contributed by atoms with E-state index in [4.69, 9.17) is 4.74 Å². The van der Waals surface area contributed by atoms with Gasteiger partial charge in [-0.25, -0.2) is 4.79 Å². The first kappa shape index (κ1) is 32.7. The largest absolute Gasteiger partial charge is 0.463 e. The Bertz CT molecular complexity index is 489. The molecule has 0 unspecified atom stereocenters. The smallest absolute Gasteiger partial charge is 0.330 e. The monoisotopic (exact) mass is 474 g/mol. The Kier molecular flexibility index (Phi) is 28.6. The molecule has 0 heterocycles. The molecular formula is C32H58O2. The molecule has 0 spiro atoms. The third kappa shape index (κ3) is 28.7. The first-order valence-corrected chi connectivity index (χ1v) is 15.0. The predicted octanol–water partition coefficient (Wildman–Crippen LogP) is 10.8. The lowest BCUT2D eigenvalue weighted by molar-refractivity contribution is -0.137. The molecule has 2 nitrogen and oxygen atoms in total. The van der Waals surface area contributed by atoms with E-state index in [0.717, 1.165) is 19.3 Å². The second-order valence-corrected chi connectivity index (χ2v) is 9.85. The number of carbonyl (C=O) groups excluding carboxylic acids is 1. The summed E-state index contributed by atoms with van der Waals surface area (Å²) < 4.78 is 5.27. The van der Waals surface area contributed by atoms with Crippen LogP contribution >= 0.6 is 0 Å². The lowest BCUT2D eigenvalue weighted by Crippen LogP contribution is -2.02. The normalized spacial score (nSPS) is 11.9. The molecule has 0 amide bonds. The van der Waals surface area contributed by atoms with Gasteiger partial charge >= 0.3 is 5.97 Å². The highest BCUT2D eigenvalue weighted by molar-refractivity contribution is 5.82. The Balaban J connectivity index is 3.38. The van der Waals surface area contributed by atoms with Gasteiger partial charge in [-0.05, 0) is 19.3 Å². The van der Waals surface area contributed by atoms with Gasteiger partial charge in [0.05, 0.1) is 6.61 Å². The molecule has 0 bridgehead atoms. The van der Waals surface area contributed by atoms with Crippen LogP contribution in [-0.2, 0) is 9.53 Å². The van der Waals surface area contributed by atoms with Crippen molar-refractivity contribution >= 4 is 5.97 Å². The summed E-state index contributed by atoms with van der Waals surface area (Å²) in [6.45, 7) is 5.09. The van der Waals surface area contributed by atoms with Crippen molar-refractivity contribution in [2.45, 2.75) is 155 Å². The van der Waals surface area contributed by atoms with Crippen LogP contribution in [0.15, 0.2) is 36.5 Å². The van der Waals surface area contributed by atoms with Crippen LogP contribution in [0.25, 0.3) is 0 Å². The lowest BCUT2D eigenvalue weighted by atomic mass is 10.1. The molecule has 0 fully saturated rings. The van der Waals surface area contributed by atoms with E-state index in [1.807, 2.05) is 12.2 Å². The van der Waals surface area contributed by atoms with E-state index < -0.39 is 0 Å². The number of allylic oxidation sites excluding steroid dienone is 5. The van der Waals surface area contributed by atoms with Gasteiger partial charge in [-0.3, -0.25) is 0 Å². The summed E-state index contributed by atoms with van der Waals surface area (Å²) in [5.74, 6) is -0.231. The van der Waals surface area contributed by atoms with Gasteiger partial charge in [0.2, 0.25) is 0 Å². The summed E-state index contributed by atoms with van der Waals surface area (Å²) in [5.41, 5.74) is 0. The van der Waals surface area contributed by atoms with E-state index >= 15 is 0 Å². The molecule has 0 N–H and O–H groups in total. The Morgan fingerprint density at radius 2 is 0.912 bits per heavy atom.